The lowest BCUT2D eigenvalue weighted by Gasteiger charge is -2.06. The van der Waals surface area contributed by atoms with Crippen molar-refractivity contribution in [2.45, 2.75) is 0 Å². The minimum Gasteiger partial charge on any atom is -0.119 e. The Labute approximate surface area is 113 Å². The fourth-order valence-electron chi connectivity index (χ4n) is 2.13. The second-order valence-electron chi connectivity index (χ2n) is 4.12. The number of hydrogen-bond donors (Lipinski definition) is 0. The molecule has 2 heteroatoms. The number of hydrogen-bond acceptors (Lipinski definition) is 0. The van der Waals surface area contributed by atoms with Gasteiger partial charge in [-0.2, -0.15) is 0 Å². The average molecular weight is 271 g/mol. The Kier molecular flexibility index (Phi) is 3.23. The number of benzene rings is 2. The van der Waals surface area contributed by atoms with E-state index < -0.39 is 0 Å². The molecule has 0 aliphatic carbocycles. The van der Waals surface area contributed by atoms with Crippen molar-refractivity contribution in [3.63, 3.8) is 0 Å². The molecule has 0 saturated heterocycles. The first-order valence-corrected chi connectivity index (χ1v) is 7.29. The highest BCUT2D eigenvalue weighted by molar-refractivity contribution is 7.34. The molecule has 0 aliphatic heterocycles. The highest BCUT2D eigenvalue weighted by atomic mass is 35.5. The standard InChI is InChI=1S/C16H12ClP/c17-16-15(13-9-5-2-6-10-13)14(11-18-16)12-7-3-1-4-8-12/h1-11,18H. The molecule has 18 heavy (non-hydrogen) atoms. The van der Waals surface area contributed by atoms with Gasteiger partial charge in [0.15, 0.2) is 0 Å². The molecule has 0 bridgehead atoms. The fraction of sp³-hybridized carbons (Fsp3) is 0. The normalized spacial score (nSPS) is 10.9. The van der Waals surface area contributed by atoms with E-state index in [1.807, 2.05) is 12.1 Å². The largest absolute Gasteiger partial charge is 0.119 e. The summed E-state index contributed by atoms with van der Waals surface area (Å²) in [4.78, 5) is 0. The molecule has 0 nitrogen and oxygen atoms in total. The third-order valence-corrected chi connectivity index (χ3v) is 4.43. The van der Waals surface area contributed by atoms with Crippen molar-refractivity contribution >= 4 is 19.8 Å². The van der Waals surface area contributed by atoms with Crippen LogP contribution in [0.3, 0.4) is 0 Å². The first-order valence-electron chi connectivity index (χ1n) is 5.84. The van der Waals surface area contributed by atoms with E-state index in [1.54, 1.807) is 0 Å². The Morgan fingerprint density at radius 3 is 1.89 bits per heavy atom. The second kappa shape index (κ2) is 5.02. The van der Waals surface area contributed by atoms with Crippen LogP contribution in [0.2, 0.25) is 4.75 Å². The monoisotopic (exact) mass is 270 g/mol. The number of halogens is 1. The zero-order valence-corrected chi connectivity index (χ0v) is 11.5. The zero-order chi connectivity index (χ0) is 12.4. The zero-order valence-electron chi connectivity index (χ0n) is 9.73. The van der Waals surface area contributed by atoms with Gasteiger partial charge in [-0.1, -0.05) is 72.3 Å². The van der Waals surface area contributed by atoms with Gasteiger partial charge in [-0.3, -0.25) is 0 Å². The Morgan fingerprint density at radius 2 is 1.28 bits per heavy atom. The molecule has 88 valence electrons. The van der Waals surface area contributed by atoms with Gasteiger partial charge in [0.05, 0.1) is 4.75 Å². The average Bonchev–Trinajstić information content (AvgIpc) is 2.83. The summed E-state index contributed by atoms with van der Waals surface area (Å²) in [5, 5.41) is 0. The van der Waals surface area contributed by atoms with Crippen LogP contribution < -0.4 is 0 Å². The maximum atomic E-state index is 6.40. The molecule has 0 fully saturated rings. The predicted molar refractivity (Wildman–Crippen MR) is 81.8 cm³/mol. The summed E-state index contributed by atoms with van der Waals surface area (Å²) in [6, 6.07) is 20.8. The van der Waals surface area contributed by atoms with Crippen LogP contribution >= 0.6 is 19.8 Å². The lowest BCUT2D eigenvalue weighted by molar-refractivity contribution is 1.64. The molecule has 0 aliphatic rings. The van der Waals surface area contributed by atoms with Gasteiger partial charge in [-0.05, 0) is 22.5 Å². The van der Waals surface area contributed by atoms with E-state index in [0.717, 1.165) is 4.75 Å². The molecular formula is C16H12ClP. The topological polar surface area (TPSA) is 0 Å². The van der Waals surface area contributed by atoms with Gasteiger partial charge in [-0.15, -0.1) is 8.19 Å². The van der Waals surface area contributed by atoms with E-state index in [9.17, 15) is 0 Å². The van der Waals surface area contributed by atoms with E-state index in [1.165, 1.54) is 22.3 Å². The maximum Gasteiger partial charge on any atom is 0.0650 e. The van der Waals surface area contributed by atoms with Crippen molar-refractivity contribution < 1.29 is 0 Å². The Morgan fingerprint density at radius 1 is 0.722 bits per heavy atom. The van der Waals surface area contributed by atoms with Crippen LogP contribution in [0, 0.1) is 0 Å². The SMILES string of the molecule is Clc1[pH]cc(-c2ccccc2)c1-c1ccccc1. The van der Waals surface area contributed by atoms with Crippen LogP contribution in [0.25, 0.3) is 22.3 Å². The van der Waals surface area contributed by atoms with Crippen LogP contribution in [0.15, 0.2) is 66.5 Å². The maximum absolute atomic E-state index is 6.40. The first-order chi connectivity index (χ1) is 8.86. The molecule has 1 aromatic heterocycles. The molecular weight excluding hydrogens is 259 g/mol. The van der Waals surface area contributed by atoms with Crippen LogP contribution in [-0.2, 0) is 0 Å². The Balaban J connectivity index is 2.19. The van der Waals surface area contributed by atoms with Crippen LogP contribution in [0.5, 0.6) is 0 Å². The molecule has 0 N–H and O–H groups in total. The van der Waals surface area contributed by atoms with Gasteiger partial charge in [0, 0.05) is 5.56 Å². The molecule has 2 aromatic carbocycles. The molecule has 1 heterocycles. The van der Waals surface area contributed by atoms with Crippen molar-refractivity contribution in [3.05, 3.63) is 71.2 Å². The molecule has 0 saturated carbocycles. The third-order valence-electron chi connectivity index (χ3n) is 2.98. The summed E-state index contributed by atoms with van der Waals surface area (Å²) in [6.07, 6.45) is 0. The van der Waals surface area contributed by atoms with Crippen LogP contribution in [0.1, 0.15) is 0 Å². The summed E-state index contributed by atoms with van der Waals surface area (Å²) in [5.74, 6) is 2.24. The van der Waals surface area contributed by atoms with Gasteiger partial charge >= 0.3 is 0 Å². The summed E-state index contributed by atoms with van der Waals surface area (Å²) >= 11 is 6.40. The van der Waals surface area contributed by atoms with E-state index in [-0.39, 0.29) is 0 Å². The highest BCUT2D eigenvalue weighted by Gasteiger charge is 2.12. The van der Waals surface area contributed by atoms with E-state index in [0.29, 0.717) is 8.19 Å². The van der Waals surface area contributed by atoms with Crippen molar-refractivity contribution in [2.75, 3.05) is 0 Å². The summed E-state index contributed by atoms with van der Waals surface area (Å²) in [5.41, 5.74) is 4.87. The first kappa shape index (κ1) is 11.6. The molecule has 3 aromatic rings. The van der Waals surface area contributed by atoms with Gasteiger partial charge in [0.25, 0.3) is 0 Å². The smallest absolute Gasteiger partial charge is 0.0650 e. The van der Waals surface area contributed by atoms with Crippen LogP contribution in [-0.4, -0.2) is 0 Å². The van der Waals surface area contributed by atoms with E-state index in [4.69, 9.17) is 11.6 Å². The minimum atomic E-state index is 0.577. The van der Waals surface area contributed by atoms with Gasteiger partial charge in [0.1, 0.15) is 0 Å². The lowest BCUT2D eigenvalue weighted by atomic mass is 9.99. The Hall–Kier alpha value is -1.49. The molecule has 3 rings (SSSR count). The minimum absolute atomic E-state index is 0.577. The highest BCUT2D eigenvalue weighted by Crippen LogP contribution is 2.44. The van der Waals surface area contributed by atoms with Crippen molar-refractivity contribution in [3.8, 4) is 22.3 Å². The van der Waals surface area contributed by atoms with Gasteiger partial charge in [-0.25, -0.2) is 0 Å². The summed E-state index contributed by atoms with van der Waals surface area (Å²) in [7, 11) is 0.577. The van der Waals surface area contributed by atoms with Crippen molar-refractivity contribution in [1.82, 2.24) is 0 Å². The summed E-state index contributed by atoms with van der Waals surface area (Å²) in [6.45, 7) is 0. The molecule has 0 radical (unpaired) electrons. The van der Waals surface area contributed by atoms with Gasteiger partial charge in [0.2, 0.25) is 0 Å². The van der Waals surface area contributed by atoms with Gasteiger partial charge < -0.3 is 0 Å². The summed E-state index contributed by atoms with van der Waals surface area (Å²) < 4.78 is 0.958. The predicted octanol–water partition coefficient (Wildman–Crippen LogP) is 5.71. The van der Waals surface area contributed by atoms with Crippen LogP contribution in [0.4, 0.5) is 0 Å². The second-order valence-corrected chi connectivity index (χ2v) is 5.90. The van der Waals surface area contributed by atoms with E-state index >= 15 is 0 Å². The number of rotatable bonds is 2. The van der Waals surface area contributed by atoms with E-state index in [2.05, 4.69) is 54.3 Å². The van der Waals surface area contributed by atoms with Crippen molar-refractivity contribution in [2.24, 2.45) is 0 Å². The molecule has 1 unspecified atom stereocenters. The van der Waals surface area contributed by atoms with Crippen molar-refractivity contribution in [1.29, 1.82) is 0 Å². The third kappa shape index (κ3) is 2.10. The quantitative estimate of drug-likeness (QED) is 0.560. The molecule has 0 amide bonds. The lowest BCUT2D eigenvalue weighted by Crippen LogP contribution is -1.80. The Bertz CT molecular complexity index is 641. The molecule has 0 spiro atoms. The molecule has 1 atom stereocenters. The fourth-order valence-corrected chi connectivity index (χ4v) is 3.51.